The number of hydrogen-bond acceptors (Lipinski definition) is 2. The molecule has 0 radical (unpaired) electrons. The van der Waals surface area contributed by atoms with Crippen molar-refractivity contribution in [3.63, 3.8) is 0 Å². The van der Waals surface area contributed by atoms with Crippen molar-refractivity contribution in [2.24, 2.45) is 45.7 Å². The molecule has 0 aliphatic heterocycles. The summed E-state index contributed by atoms with van der Waals surface area (Å²) in [6.07, 6.45) is 12.1. The lowest BCUT2D eigenvalue weighted by atomic mass is 9.62. The number of nitrogens with zero attached hydrogens (tertiary/aromatic N) is 1. The Morgan fingerprint density at radius 1 is 1.14 bits per heavy atom. The lowest BCUT2D eigenvalue weighted by Gasteiger charge is -2.43. The summed E-state index contributed by atoms with van der Waals surface area (Å²) in [5.41, 5.74) is 7.94. The molecule has 5 aliphatic carbocycles. The van der Waals surface area contributed by atoms with Crippen LogP contribution in [0.15, 0.2) is 35.3 Å². The van der Waals surface area contributed by atoms with Crippen LogP contribution >= 0.6 is 23.8 Å². The molecule has 2 nitrogen and oxygen atoms in total. The van der Waals surface area contributed by atoms with E-state index in [0.717, 1.165) is 17.4 Å². The van der Waals surface area contributed by atoms with E-state index in [1.807, 2.05) is 0 Å². The van der Waals surface area contributed by atoms with Crippen molar-refractivity contribution in [2.45, 2.75) is 56.8 Å². The summed E-state index contributed by atoms with van der Waals surface area (Å²) in [6, 6.07) is 11.2. The first-order valence-corrected chi connectivity index (χ1v) is 12.4. The Kier molecular flexibility index (Phi) is 5.37. The van der Waals surface area contributed by atoms with Crippen molar-refractivity contribution in [3.8, 4) is 0 Å². The second-order valence-electron chi connectivity index (χ2n) is 10.5. The van der Waals surface area contributed by atoms with Crippen LogP contribution in [0.25, 0.3) is 0 Å². The van der Waals surface area contributed by atoms with E-state index < -0.39 is 0 Å². The van der Waals surface area contributed by atoms with Crippen LogP contribution < -0.4 is 5.73 Å². The van der Waals surface area contributed by atoms with Gasteiger partial charge in [0.1, 0.15) is 4.99 Å². The highest BCUT2D eigenvalue weighted by molar-refractivity contribution is 7.80. The van der Waals surface area contributed by atoms with Gasteiger partial charge in [0.2, 0.25) is 0 Å². The number of nitrogens with two attached hydrogens (primary N) is 1. The van der Waals surface area contributed by atoms with Gasteiger partial charge in [0.05, 0.1) is 0 Å². The average Bonchev–Trinajstić information content (AvgIpc) is 3.14. The van der Waals surface area contributed by atoms with Crippen molar-refractivity contribution < 1.29 is 0 Å². The van der Waals surface area contributed by atoms with Crippen LogP contribution in [0.1, 0.15) is 56.9 Å². The van der Waals surface area contributed by atoms with Gasteiger partial charge in [0, 0.05) is 18.0 Å². The molecule has 0 amide bonds. The fourth-order valence-electron chi connectivity index (χ4n) is 7.62. The molecule has 4 bridgehead atoms. The second kappa shape index (κ2) is 7.73. The minimum atomic E-state index is 0.268. The monoisotopic (exact) mass is 428 g/mol. The maximum absolute atomic E-state index is 6.64. The Morgan fingerprint density at radius 3 is 2.59 bits per heavy atom. The second-order valence-corrected chi connectivity index (χ2v) is 11.1. The Hall–Kier alpha value is -0.770. The number of hydrogen-bond donors (Lipinski definition) is 1. The fourth-order valence-corrected chi connectivity index (χ4v) is 8.44. The van der Waals surface area contributed by atoms with Gasteiger partial charge in [-0.2, -0.15) is 0 Å². The number of thiocarbonyl (C=S) groups is 1. The summed E-state index contributed by atoms with van der Waals surface area (Å²) in [4.78, 5) is 5.88. The number of aliphatic imine (C=N–C) groups is 1. The highest BCUT2D eigenvalue weighted by atomic mass is 35.5. The first-order valence-electron chi connectivity index (χ1n) is 11.5. The van der Waals surface area contributed by atoms with Gasteiger partial charge in [-0.05, 0) is 98.0 Å². The van der Waals surface area contributed by atoms with Crippen molar-refractivity contribution in [1.29, 1.82) is 0 Å². The third-order valence-corrected chi connectivity index (χ3v) is 9.84. The predicted octanol–water partition coefficient (Wildman–Crippen LogP) is 5.76. The topological polar surface area (TPSA) is 38.4 Å². The molecule has 0 aromatic heterocycles. The number of benzene rings is 1. The van der Waals surface area contributed by atoms with Crippen LogP contribution in [0.5, 0.6) is 0 Å². The molecular formula is C25H33ClN2S. The molecule has 0 saturated heterocycles. The van der Waals surface area contributed by atoms with E-state index in [4.69, 9.17) is 34.5 Å². The maximum Gasteiger partial charge on any atom is 0.106 e. The number of halogens is 1. The van der Waals surface area contributed by atoms with Crippen molar-refractivity contribution in [1.82, 2.24) is 0 Å². The maximum atomic E-state index is 6.64. The van der Waals surface area contributed by atoms with Gasteiger partial charge in [-0.3, -0.25) is 4.99 Å². The van der Waals surface area contributed by atoms with Crippen LogP contribution in [0.2, 0.25) is 0 Å². The molecule has 5 aliphatic rings. The number of rotatable bonds is 5. The normalized spacial score (nSPS) is 43.3. The highest BCUT2D eigenvalue weighted by Gasteiger charge is 2.68. The fraction of sp³-hybridized carbons (Fsp3) is 0.680. The molecule has 29 heavy (non-hydrogen) atoms. The molecule has 0 heterocycles. The minimum Gasteiger partial charge on any atom is -0.330 e. The van der Waals surface area contributed by atoms with Crippen LogP contribution in [-0.2, 0) is 5.41 Å². The van der Waals surface area contributed by atoms with E-state index in [1.165, 1.54) is 56.9 Å². The molecule has 5 saturated carbocycles. The van der Waals surface area contributed by atoms with E-state index in [1.54, 1.807) is 0 Å². The SMILES string of the molecule is NCC1CCC(C=NC(=S)C2C3CC4(c5ccccc5)CC2C(CCl)(C3)C4)CC1. The largest absolute Gasteiger partial charge is 0.330 e. The molecule has 5 fully saturated rings. The van der Waals surface area contributed by atoms with Gasteiger partial charge in [-0.15, -0.1) is 11.6 Å². The summed E-state index contributed by atoms with van der Waals surface area (Å²) in [6.45, 7) is 0.831. The third-order valence-electron chi connectivity index (χ3n) is 8.93. The van der Waals surface area contributed by atoms with E-state index in [9.17, 15) is 0 Å². The lowest BCUT2D eigenvalue weighted by molar-refractivity contribution is 0.185. The quantitative estimate of drug-likeness (QED) is 0.367. The first kappa shape index (κ1) is 20.2. The molecule has 6 rings (SSSR count). The first-order chi connectivity index (χ1) is 14.1. The molecular weight excluding hydrogens is 396 g/mol. The van der Waals surface area contributed by atoms with Gasteiger partial charge < -0.3 is 5.73 Å². The van der Waals surface area contributed by atoms with Crippen molar-refractivity contribution in [3.05, 3.63) is 35.9 Å². The van der Waals surface area contributed by atoms with Crippen molar-refractivity contribution in [2.75, 3.05) is 12.4 Å². The van der Waals surface area contributed by atoms with Gasteiger partial charge in [-0.1, -0.05) is 42.5 Å². The highest BCUT2D eigenvalue weighted by Crippen LogP contribution is 2.73. The Labute approximate surface area is 185 Å². The molecule has 0 spiro atoms. The summed E-state index contributed by atoms with van der Waals surface area (Å²) >= 11 is 12.6. The van der Waals surface area contributed by atoms with Crippen LogP contribution in [0.3, 0.4) is 0 Å². The molecule has 5 atom stereocenters. The molecule has 1 aromatic rings. The zero-order valence-corrected chi connectivity index (χ0v) is 18.8. The summed E-state index contributed by atoms with van der Waals surface area (Å²) in [5.74, 6) is 3.79. The van der Waals surface area contributed by atoms with E-state index in [-0.39, 0.29) is 5.41 Å². The van der Waals surface area contributed by atoms with E-state index in [0.29, 0.717) is 35.0 Å². The molecule has 156 valence electrons. The van der Waals surface area contributed by atoms with Crippen LogP contribution in [-0.4, -0.2) is 23.6 Å². The molecule has 2 N–H and O–H groups in total. The van der Waals surface area contributed by atoms with Gasteiger partial charge in [-0.25, -0.2) is 0 Å². The lowest BCUT2D eigenvalue weighted by Crippen LogP contribution is -2.38. The van der Waals surface area contributed by atoms with Crippen LogP contribution in [0.4, 0.5) is 0 Å². The Morgan fingerprint density at radius 2 is 1.90 bits per heavy atom. The minimum absolute atomic E-state index is 0.268. The Bertz CT molecular complexity index is 787. The zero-order chi connectivity index (χ0) is 20.1. The summed E-state index contributed by atoms with van der Waals surface area (Å²) in [5, 5.41) is 0. The van der Waals surface area contributed by atoms with Gasteiger partial charge in [0.15, 0.2) is 0 Å². The average molecular weight is 429 g/mol. The summed E-state index contributed by atoms with van der Waals surface area (Å²) in [7, 11) is 0. The van der Waals surface area contributed by atoms with Crippen molar-refractivity contribution >= 4 is 35.0 Å². The predicted molar refractivity (Wildman–Crippen MR) is 126 cm³/mol. The standard InChI is InChI=1S/C25H33ClN2S/c26-16-25-11-19-10-24(15-25,20-4-2-1-3-5-20)12-21(25)22(19)23(29)28-14-18-8-6-17(13-27)7-9-18/h1-5,14,17-19,21-22H,6-13,15-16,27H2. The van der Waals surface area contributed by atoms with E-state index >= 15 is 0 Å². The van der Waals surface area contributed by atoms with Gasteiger partial charge in [0.25, 0.3) is 0 Å². The number of alkyl halides is 1. The smallest absolute Gasteiger partial charge is 0.106 e. The molecule has 1 aromatic carbocycles. The van der Waals surface area contributed by atoms with Crippen LogP contribution in [0, 0.1) is 35.0 Å². The molecule has 5 unspecified atom stereocenters. The summed E-state index contributed by atoms with van der Waals surface area (Å²) < 4.78 is 0. The van der Waals surface area contributed by atoms with E-state index in [2.05, 4.69) is 36.5 Å². The zero-order valence-electron chi connectivity index (χ0n) is 17.2. The third kappa shape index (κ3) is 3.32. The molecule has 4 heteroatoms. The Balaban J connectivity index is 1.32. The van der Waals surface area contributed by atoms with Gasteiger partial charge >= 0.3 is 0 Å².